The van der Waals surface area contributed by atoms with Crippen LogP contribution in [0.3, 0.4) is 0 Å². The van der Waals surface area contributed by atoms with Crippen LogP contribution in [0.25, 0.3) is 0 Å². The van der Waals surface area contributed by atoms with E-state index in [9.17, 15) is 0 Å². The van der Waals surface area contributed by atoms with E-state index in [1.807, 2.05) is 93.6 Å². The lowest BCUT2D eigenvalue weighted by atomic mass is 10.1. The second kappa shape index (κ2) is 8.86. The Morgan fingerprint density at radius 2 is 1.52 bits per heavy atom. The Morgan fingerprint density at radius 1 is 0.852 bits per heavy atom. The van der Waals surface area contributed by atoms with Crippen molar-refractivity contribution in [1.82, 2.24) is 0 Å². The average molecular weight is 357 g/mol. The lowest BCUT2D eigenvalue weighted by molar-refractivity contribution is 0.473. The lowest BCUT2D eigenvalue weighted by Crippen LogP contribution is -2.11. The van der Waals surface area contributed by atoms with Gasteiger partial charge in [-0.25, -0.2) is 4.99 Å². The van der Waals surface area contributed by atoms with Gasteiger partial charge in [0.15, 0.2) is 0 Å². The maximum atomic E-state index is 6.18. The highest BCUT2D eigenvalue weighted by atomic mass is 16.5. The SMILES string of the molecule is CC(=C\Oc1ccccc1)/C(=N\c1ccccc1)Oc1cc(C)ccc1C. The molecule has 0 radical (unpaired) electrons. The summed E-state index contributed by atoms with van der Waals surface area (Å²) < 4.78 is 11.9. The summed E-state index contributed by atoms with van der Waals surface area (Å²) in [5.41, 5.74) is 3.81. The number of hydrogen-bond acceptors (Lipinski definition) is 3. The molecule has 136 valence electrons. The van der Waals surface area contributed by atoms with Gasteiger partial charge >= 0.3 is 0 Å². The molecule has 0 amide bonds. The molecular formula is C24H23NO2. The number of nitrogens with zero attached hydrogens (tertiary/aromatic N) is 1. The maximum absolute atomic E-state index is 6.18. The van der Waals surface area contributed by atoms with Crippen molar-refractivity contribution in [2.75, 3.05) is 0 Å². The first-order chi connectivity index (χ1) is 13.1. The van der Waals surface area contributed by atoms with Gasteiger partial charge in [0.25, 0.3) is 0 Å². The molecule has 27 heavy (non-hydrogen) atoms. The zero-order valence-electron chi connectivity index (χ0n) is 15.8. The molecule has 0 aromatic heterocycles. The average Bonchev–Trinajstić information content (AvgIpc) is 2.70. The van der Waals surface area contributed by atoms with E-state index in [1.54, 1.807) is 6.26 Å². The van der Waals surface area contributed by atoms with Crippen LogP contribution < -0.4 is 9.47 Å². The minimum Gasteiger partial charge on any atom is -0.465 e. The fourth-order valence-electron chi connectivity index (χ4n) is 2.44. The third-order valence-electron chi connectivity index (χ3n) is 3.99. The summed E-state index contributed by atoms with van der Waals surface area (Å²) in [6.07, 6.45) is 1.67. The Hall–Kier alpha value is -3.33. The van der Waals surface area contributed by atoms with Crippen molar-refractivity contribution in [3.63, 3.8) is 0 Å². The van der Waals surface area contributed by atoms with Gasteiger partial charge in [0.2, 0.25) is 5.90 Å². The first-order valence-corrected chi connectivity index (χ1v) is 8.89. The molecule has 0 bridgehead atoms. The van der Waals surface area contributed by atoms with Gasteiger partial charge in [-0.1, -0.05) is 48.5 Å². The first-order valence-electron chi connectivity index (χ1n) is 8.89. The van der Waals surface area contributed by atoms with Gasteiger partial charge in [-0.15, -0.1) is 0 Å². The van der Waals surface area contributed by atoms with Gasteiger partial charge in [-0.05, 0) is 62.2 Å². The zero-order chi connectivity index (χ0) is 19.1. The van der Waals surface area contributed by atoms with E-state index < -0.39 is 0 Å². The molecule has 0 aliphatic heterocycles. The summed E-state index contributed by atoms with van der Waals surface area (Å²) in [5, 5.41) is 0. The summed E-state index contributed by atoms with van der Waals surface area (Å²) in [6.45, 7) is 5.99. The van der Waals surface area contributed by atoms with E-state index in [4.69, 9.17) is 9.47 Å². The summed E-state index contributed by atoms with van der Waals surface area (Å²) >= 11 is 0. The van der Waals surface area contributed by atoms with Crippen LogP contribution in [0.4, 0.5) is 5.69 Å². The largest absolute Gasteiger partial charge is 0.465 e. The number of hydrogen-bond donors (Lipinski definition) is 0. The van der Waals surface area contributed by atoms with Gasteiger partial charge in [0, 0.05) is 5.57 Å². The number of aliphatic imine (C=N–C) groups is 1. The van der Waals surface area contributed by atoms with Crippen LogP contribution in [0.2, 0.25) is 0 Å². The van der Waals surface area contributed by atoms with Crippen LogP contribution in [-0.4, -0.2) is 5.90 Å². The van der Waals surface area contributed by atoms with Crippen LogP contribution in [-0.2, 0) is 0 Å². The van der Waals surface area contributed by atoms with E-state index in [-0.39, 0.29) is 0 Å². The molecule has 0 heterocycles. The highest BCUT2D eigenvalue weighted by molar-refractivity contribution is 5.96. The van der Waals surface area contributed by atoms with E-state index in [2.05, 4.69) is 11.1 Å². The molecule has 0 saturated carbocycles. The Morgan fingerprint density at radius 3 is 2.22 bits per heavy atom. The minimum absolute atomic E-state index is 0.505. The number of benzene rings is 3. The molecule has 0 aliphatic carbocycles. The van der Waals surface area contributed by atoms with Crippen molar-refractivity contribution in [1.29, 1.82) is 0 Å². The van der Waals surface area contributed by atoms with Gasteiger partial charge in [-0.2, -0.15) is 0 Å². The molecule has 3 nitrogen and oxygen atoms in total. The van der Waals surface area contributed by atoms with Crippen LogP contribution in [0, 0.1) is 13.8 Å². The molecule has 0 N–H and O–H groups in total. The number of rotatable bonds is 5. The molecule has 0 atom stereocenters. The third kappa shape index (κ3) is 5.32. The Kier molecular flexibility index (Phi) is 6.06. The normalized spacial score (nSPS) is 12.0. The molecular weight excluding hydrogens is 334 g/mol. The second-order valence-electron chi connectivity index (χ2n) is 6.36. The number of ether oxygens (including phenoxy) is 2. The first kappa shape index (κ1) is 18.5. The highest BCUT2D eigenvalue weighted by Gasteiger charge is 2.10. The van der Waals surface area contributed by atoms with E-state index in [1.165, 1.54) is 0 Å². The van der Waals surface area contributed by atoms with Crippen molar-refractivity contribution in [2.45, 2.75) is 20.8 Å². The summed E-state index contributed by atoms with van der Waals surface area (Å²) in [5.74, 6) is 2.06. The molecule has 3 aromatic rings. The van der Waals surface area contributed by atoms with Gasteiger partial charge < -0.3 is 9.47 Å². The van der Waals surface area contributed by atoms with E-state index in [0.717, 1.165) is 33.9 Å². The van der Waals surface area contributed by atoms with Crippen LogP contribution in [0.15, 0.2) is 95.7 Å². The fourth-order valence-corrected chi connectivity index (χ4v) is 2.44. The Labute approximate surface area is 160 Å². The zero-order valence-corrected chi connectivity index (χ0v) is 15.8. The predicted octanol–water partition coefficient (Wildman–Crippen LogP) is 6.40. The Bertz CT molecular complexity index is 945. The van der Waals surface area contributed by atoms with Crippen molar-refractivity contribution < 1.29 is 9.47 Å². The molecule has 0 aliphatic rings. The standard InChI is InChI=1S/C24H23NO2/c1-18-14-15-19(2)23(16-18)27-24(25-21-10-6-4-7-11-21)20(3)17-26-22-12-8-5-9-13-22/h4-17H,1-3H3/b20-17+,25-24+. The molecule has 3 aromatic carbocycles. The van der Waals surface area contributed by atoms with Crippen LogP contribution in [0.5, 0.6) is 11.5 Å². The van der Waals surface area contributed by atoms with Crippen molar-refractivity contribution in [3.8, 4) is 11.5 Å². The smallest absolute Gasteiger partial charge is 0.225 e. The quantitative estimate of drug-likeness (QED) is 0.301. The molecule has 3 heteroatoms. The molecule has 0 fully saturated rings. The van der Waals surface area contributed by atoms with Gasteiger partial charge in [0.05, 0.1) is 11.9 Å². The summed E-state index contributed by atoms with van der Waals surface area (Å²) in [4.78, 5) is 4.68. The second-order valence-corrected chi connectivity index (χ2v) is 6.36. The van der Waals surface area contributed by atoms with Crippen molar-refractivity contribution in [2.24, 2.45) is 4.99 Å². The van der Waals surface area contributed by atoms with Gasteiger partial charge in [-0.3, -0.25) is 0 Å². The van der Waals surface area contributed by atoms with Gasteiger partial charge in [0.1, 0.15) is 11.5 Å². The monoisotopic (exact) mass is 357 g/mol. The Balaban J connectivity index is 1.92. The topological polar surface area (TPSA) is 30.8 Å². The third-order valence-corrected chi connectivity index (χ3v) is 3.99. The summed E-state index contributed by atoms with van der Waals surface area (Å²) in [6, 6.07) is 25.5. The van der Waals surface area contributed by atoms with Crippen LogP contribution >= 0.6 is 0 Å². The van der Waals surface area contributed by atoms with E-state index >= 15 is 0 Å². The molecule has 0 saturated heterocycles. The predicted molar refractivity (Wildman–Crippen MR) is 111 cm³/mol. The minimum atomic E-state index is 0.505. The number of para-hydroxylation sites is 2. The maximum Gasteiger partial charge on any atom is 0.225 e. The highest BCUT2D eigenvalue weighted by Crippen LogP contribution is 2.22. The van der Waals surface area contributed by atoms with Crippen molar-refractivity contribution >= 4 is 11.6 Å². The molecule has 0 spiro atoms. The summed E-state index contributed by atoms with van der Waals surface area (Å²) in [7, 11) is 0. The molecule has 3 rings (SSSR count). The lowest BCUT2D eigenvalue weighted by Gasteiger charge is -2.13. The van der Waals surface area contributed by atoms with Crippen LogP contribution in [0.1, 0.15) is 18.1 Å². The fraction of sp³-hybridized carbons (Fsp3) is 0.125. The van der Waals surface area contributed by atoms with Crippen molar-refractivity contribution in [3.05, 3.63) is 102 Å². The van der Waals surface area contributed by atoms with E-state index in [0.29, 0.717) is 5.90 Å². The molecule has 0 unspecified atom stereocenters. The number of aryl methyl sites for hydroxylation is 2.